The van der Waals surface area contributed by atoms with Crippen molar-refractivity contribution in [2.24, 2.45) is 10.9 Å². The molecule has 2 bridgehead atoms. The number of hydrogen-bond acceptors (Lipinski definition) is 3. The quantitative estimate of drug-likeness (QED) is 0.629. The minimum atomic E-state index is -0.495. The molecule has 0 saturated carbocycles. The van der Waals surface area contributed by atoms with Gasteiger partial charge in [-0.05, 0) is 67.2 Å². The van der Waals surface area contributed by atoms with Gasteiger partial charge in [0.25, 0.3) is 0 Å². The Morgan fingerprint density at radius 2 is 2.00 bits per heavy atom. The third-order valence-corrected chi connectivity index (χ3v) is 4.46. The molecule has 0 aromatic rings. The van der Waals surface area contributed by atoms with Gasteiger partial charge in [-0.3, -0.25) is 9.89 Å². The molecule has 0 unspecified atom stereocenters. The van der Waals surface area contributed by atoms with Crippen LogP contribution in [0.3, 0.4) is 0 Å². The van der Waals surface area contributed by atoms with Crippen LogP contribution >= 0.6 is 0 Å². The molecule has 4 nitrogen and oxygen atoms in total. The highest BCUT2D eigenvalue weighted by Crippen LogP contribution is 2.39. The molecule has 2 atom stereocenters. The normalized spacial score (nSPS) is 28.4. The van der Waals surface area contributed by atoms with Crippen LogP contribution in [0.1, 0.15) is 61.3 Å². The Morgan fingerprint density at radius 1 is 1.38 bits per heavy atom. The molecular formula is C17H28N2O2. The first kappa shape index (κ1) is 16.1. The predicted molar refractivity (Wildman–Crippen MR) is 85.5 cm³/mol. The summed E-state index contributed by atoms with van der Waals surface area (Å²) in [6.07, 6.45) is 3.95. The molecule has 0 aromatic heterocycles. The van der Waals surface area contributed by atoms with Crippen LogP contribution in [0.2, 0.25) is 0 Å². The monoisotopic (exact) mass is 292 g/mol. The van der Waals surface area contributed by atoms with Crippen LogP contribution in [0.25, 0.3) is 0 Å². The van der Waals surface area contributed by atoms with Gasteiger partial charge in [0.2, 0.25) is 0 Å². The van der Waals surface area contributed by atoms with Crippen molar-refractivity contribution in [3.63, 3.8) is 0 Å². The van der Waals surface area contributed by atoms with Crippen molar-refractivity contribution in [2.45, 2.75) is 78.5 Å². The van der Waals surface area contributed by atoms with Gasteiger partial charge in [0, 0.05) is 0 Å². The molecule has 0 fully saturated rings. The second-order valence-corrected chi connectivity index (χ2v) is 7.80. The number of allylic oxidation sites excluding steroid dienone is 1. The van der Waals surface area contributed by atoms with Crippen molar-refractivity contribution in [3.05, 3.63) is 11.6 Å². The third kappa shape index (κ3) is 3.30. The van der Waals surface area contributed by atoms with Gasteiger partial charge in [-0.15, -0.1) is 0 Å². The fraction of sp³-hybridized carbons (Fsp3) is 0.765. The van der Waals surface area contributed by atoms with E-state index in [0.717, 1.165) is 18.7 Å². The highest BCUT2D eigenvalue weighted by molar-refractivity contribution is 5.95. The first-order valence-electron chi connectivity index (χ1n) is 7.76. The molecule has 1 aliphatic carbocycles. The number of carbonyl (C=O) groups is 1. The lowest BCUT2D eigenvalue weighted by Crippen LogP contribution is -2.47. The molecule has 2 rings (SSSR count). The first-order valence-corrected chi connectivity index (χ1v) is 7.76. The minimum Gasteiger partial charge on any atom is -0.443 e. The Balaban J connectivity index is 2.40. The molecule has 0 radical (unpaired) electrons. The summed E-state index contributed by atoms with van der Waals surface area (Å²) in [4.78, 5) is 19.2. The molecule has 2 aliphatic rings. The second kappa shape index (κ2) is 5.15. The minimum absolute atomic E-state index is 0.0733. The number of hydrogen-bond donors (Lipinski definition) is 0. The maximum absolute atomic E-state index is 12.6. The number of fused-ring (bicyclic) bond motifs is 2. The smallest absolute Gasteiger partial charge is 0.416 e. The molecule has 1 aliphatic heterocycles. The summed E-state index contributed by atoms with van der Waals surface area (Å²) in [5, 5.41) is 0. The van der Waals surface area contributed by atoms with E-state index in [9.17, 15) is 4.79 Å². The number of carbonyl (C=O) groups excluding carboxylic acids is 1. The van der Waals surface area contributed by atoms with E-state index >= 15 is 0 Å². The average Bonchev–Trinajstić information content (AvgIpc) is 2.35. The predicted octanol–water partition coefficient (Wildman–Crippen LogP) is 4.16. The lowest BCUT2D eigenvalue weighted by molar-refractivity contribution is 0.0316. The van der Waals surface area contributed by atoms with E-state index in [1.165, 1.54) is 5.57 Å². The molecule has 0 aromatic carbocycles. The van der Waals surface area contributed by atoms with Gasteiger partial charge in [0.05, 0.1) is 11.6 Å². The van der Waals surface area contributed by atoms with E-state index in [-0.39, 0.29) is 17.7 Å². The zero-order valence-corrected chi connectivity index (χ0v) is 14.4. The van der Waals surface area contributed by atoms with E-state index < -0.39 is 5.60 Å². The Labute approximate surface area is 128 Å². The van der Waals surface area contributed by atoms with Crippen LogP contribution in [-0.4, -0.2) is 34.0 Å². The fourth-order valence-electron chi connectivity index (χ4n) is 3.26. The van der Waals surface area contributed by atoms with Gasteiger partial charge in [-0.2, -0.15) is 0 Å². The maximum Gasteiger partial charge on any atom is 0.416 e. The van der Waals surface area contributed by atoms with Crippen LogP contribution < -0.4 is 0 Å². The van der Waals surface area contributed by atoms with Crippen LogP contribution in [-0.2, 0) is 4.74 Å². The topological polar surface area (TPSA) is 41.9 Å². The van der Waals surface area contributed by atoms with E-state index in [4.69, 9.17) is 9.73 Å². The van der Waals surface area contributed by atoms with Crippen molar-refractivity contribution in [1.82, 2.24) is 4.90 Å². The molecule has 0 saturated heterocycles. The first-order chi connectivity index (χ1) is 9.51. The summed E-state index contributed by atoms with van der Waals surface area (Å²) in [7, 11) is 0. The highest BCUT2D eigenvalue weighted by Gasteiger charge is 2.42. The van der Waals surface area contributed by atoms with Gasteiger partial charge >= 0.3 is 6.09 Å². The number of amides is 1. The van der Waals surface area contributed by atoms with Crippen molar-refractivity contribution in [1.29, 1.82) is 0 Å². The van der Waals surface area contributed by atoms with Crippen molar-refractivity contribution >= 4 is 11.9 Å². The van der Waals surface area contributed by atoms with Crippen LogP contribution in [0.4, 0.5) is 4.79 Å². The second-order valence-electron chi connectivity index (χ2n) is 7.80. The van der Waals surface area contributed by atoms with E-state index in [2.05, 4.69) is 26.8 Å². The number of ether oxygens (including phenoxy) is 1. The zero-order valence-electron chi connectivity index (χ0n) is 14.4. The summed E-state index contributed by atoms with van der Waals surface area (Å²) in [6.45, 7) is 14.0. The van der Waals surface area contributed by atoms with E-state index in [1.807, 2.05) is 27.7 Å². The number of amidine groups is 1. The average molecular weight is 292 g/mol. The largest absolute Gasteiger partial charge is 0.443 e. The standard InChI is InChI=1S/C17H28N2O2/c1-11-8-9-13-10-14(11)19(12(2)18-17(13,6)7)15(20)21-16(3,4)5/h8,13-14H,9-10H2,1-7H3/t13-,14-/m0/s1. The molecule has 0 N–H and O–H groups in total. The summed E-state index contributed by atoms with van der Waals surface area (Å²) in [5.74, 6) is 1.23. The summed E-state index contributed by atoms with van der Waals surface area (Å²) in [6, 6.07) is 0.0733. The highest BCUT2D eigenvalue weighted by atomic mass is 16.6. The van der Waals surface area contributed by atoms with Crippen LogP contribution in [0.15, 0.2) is 16.6 Å². The third-order valence-electron chi connectivity index (χ3n) is 4.46. The Kier molecular flexibility index (Phi) is 3.94. The lowest BCUT2D eigenvalue weighted by Gasteiger charge is -2.37. The molecule has 118 valence electrons. The molecular weight excluding hydrogens is 264 g/mol. The molecule has 4 heteroatoms. The SMILES string of the molecule is CC1=CC[C@H]2C[C@@H]1N(C(=O)OC(C)(C)C)C(C)=NC2(C)C. The Hall–Kier alpha value is -1.32. The van der Waals surface area contributed by atoms with Crippen molar-refractivity contribution in [3.8, 4) is 0 Å². The zero-order chi connectivity index (χ0) is 16.0. The van der Waals surface area contributed by atoms with Crippen molar-refractivity contribution < 1.29 is 9.53 Å². The maximum atomic E-state index is 12.6. The summed E-state index contributed by atoms with van der Waals surface area (Å²) >= 11 is 0. The van der Waals surface area contributed by atoms with Gasteiger partial charge in [0.1, 0.15) is 11.4 Å². The van der Waals surface area contributed by atoms with Gasteiger partial charge in [-0.1, -0.05) is 11.6 Å². The molecule has 1 heterocycles. The van der Waals surface area contributed by atoms with Crippen LogP contribution in [0.5, 0.6) is 0 Å². The molecule has 21 heavy (non-hydrogen) atoms. The summed E-state index contributed by atoms with van der Waals surface area (Å²) in [5.41, 5.74) is 0.602. The Morgan fingerprint density at radius 3 is 2.57 bits per heavy atom. The van der Waals surface area contributed by atoms with Gasteiger partial charge < -0.3 is 4.74 Å². The van der Waals surface area contributed by atoms with Crippen LogP contribution in [0, 0.1) is 5.92 Å². The molecule has 0 spiro atoms. The van der Waals surface area contributed by atoms with E-state index in [0.29, 0.717) is 5.92 Å². The number of rotatable bonds is 0. The number of aliphatic imine (C=N–C) groups is 1. The van der Waals surface area contributed by atoms with E-state index in [1.54, 1.807) is 4.90 Å². The van der Waals surface area contributed by atoms with Crippen molar-refractivity contribution in [2.75, 3.05) is 0 Å². The summed E-state index contributed by atoms with van der Waals surface area (Å²) < 4.78 is 5.59. The fourth-order valence-corrected chi connectivity index (χ4v) is 3.26. The molecule has 1 amide bonds. The van der Waals surface area contributed by atoms with Gasteiger partial charge in [0.15, 0.2) is 0 Å². The Bertz CT molecular complexity index is 497. The number of nitrogens with zero attached hydrogens (tertiary/aromatic N) is 2. The van der Waals surface area contributed by atoms with Gasteiger partial charge in [-0.25, -0.2) is 4.79 Å². The lowest BCUT2D eigenvalue weighted by atomic mass is 9.76.